The average molecular weight is 605 g/mol. The first kappa shape index (κ1) is 32.6. The lowest BCUT2D eigenvalue weighted by Crippen LogP contribution is -2.75. The van der Waals surface area contributed by atoms with Gasteiger partial charge >= 0.3 is 0 Å². The van der Waals surface area contributed by atoms with Gasteiger partial charge in [-0.25, -0.2) is 0 Å². The third kappa shape index (κ3) is 6.89. The summed E-state index contributed by atoms with van der Waals surface area (Å²) in [6.45, 7) is 4.65. The number of unbranched alkanes of at least 4 members (excludes halogenated alkanes) is 1. The number of likely N-dealkylation sites (tertiary alicyclic amines) is 1. The van der Waals surface area contributed by atoms with E-state index in [9.17, 15) is 19.5 Å². The first-order valence-electron chi connectivity index (χ1n) is 15.9. The third-order valence-corrected chi connectivity index (χ3v) is 9.99. The topological polar surface area (TPSA) is 111 Å². The molecule has 0 bridgehead atoms. The Hall–Kier alpha value is -2.36. The summed E-state index contributed by atoms with van der Waals surface area (Å²) in [6, 6.07) is 6.62. The molecule has 3 amide bonds. The van der Waals surface area contributed by atoms with Crippen molar-refractivity contribution in [3.05, 3.63) is 29.8 Å². The van der Waals surface area contributed by atoms with Crippen molar-refractivity contribution in [2.45, 2.75) is 101 Å². The van der Waals surface area contributed by atoms with Gasteiger partial charge in [0.05, 0.1) is 6.10 Å². The van der Waals surface area contributed by atoms with Crippen LogP contribution in [0.4, 0.5) is 0 Å². The minimum absolute atomic E-state index is 0. The predicted molar refractivity (Wildman–Crippen MR) is 164 cm³/mol. The monoisotopic (exact) mass is 604 g/mol. The molecule has 1 aromatic carbocycles. The van der Waals surface area contributed by atoms with Gasteiger partial charge in [0.15, 0.2) is 0 Å². The van der Waals surface area contributed by atoms with Gasteiger partial charge in [-0.1, -0.05) is 32.6 Å². The summed E-state index contributed by atoms with van der Waals surface area (Å²) in [5.41, 5.74) is -0.253. The van der Waals surface area contributed by atoms with Crippen LogP contribution in [0.25, 0.3) is 0 Å². The molecule has 0 radical (unpaired) electrons. The van der Waals surface area contributed by atoms with Crippen molar-refractivity contribution in [3.8, 4) is 5.75 Å². The molecule has 4 fully saturated rings. The molecule has 2 heterocycles. The Bertz CT molecular complexity index is 1070. The van der Waals surface area contributed by atoms with E-state index in [0.29, 0.717) is 37.5 Å². The molecule has 3 N–H and O–H groups in total. The summed E-state index contributed by atoms with van der Waals surface area (Å²) in [5.74, 6) is 1.06. The van der Waals surface area contributed by atoms with E-state index < -0.39 is 17.7 Å². The molecule has 2 aliphatic carbocycles. The smallest absolute Gasteiger partial charge is 0.251 e. The van der Waals surface area contributed by atoms with Crippen LogP contribution in [-0.4, -0.2) is 89.6 Å². The van der Waals surface area contributed by atoms with Crippen LogP contribution < -0.4 is 15.4 Å². The van der Waals surface area contributed by atoms with Crippen LogP contribution in [0.2, 0.25) is 0 Å². The van der Waals surface area contributed by atoms with Gasteiger partial charge in [0.1, 0.15) is 23.9 Å². The fourth-order valence-electron chi connectivity index (χ4n) is 7.23. The van der Waals surface area contributed by atoms with E-state index >= 15 is 0 Å². The van der Waals surface area contributed by atoms with Crippen molar-refractivity contribution in [2.24, 2.45) is 11.8 Å². The van der Waals surface area contributed by atoms with E-state index in [4.69, 9.17) is 4.74 Å². The van der Waals surface area contributed by atoms with Crippen molar-refractivity contribution in [3.63, 3.8) is 0 Å². The number of ether oxygens (including phenoxy) is 1. The molecule has 4 aliphatic rings. The maximum absolute atomic E-state index is 13.9. The number of nitrogens with zero attached hydrogens (tertiary/aromatic N) is 2. The van der Waals surface area contributed by atoms with Crippen molar-refractivity contribution in [1.29, 1.82) is 0 Å². The molecule has 10 heteroatoms. The number of piperidine rings is 1. The average Bonchev–Trinajstić information content (AvgIpc) is 3.85. The van der Waals surface area contributed by atoms with E-state index in [1.807, 2.05) is 17.0 Å². The van der Waals surface area contributed by atoms with Gasteiger partial charge in [-0.3, -0.25) is 19.3 Å². The molecule has 42 heavy (non-hydrogen) atoms. The highest BCUT2D eigenvalue weighted by molar-refractivity contribution is 6.00. The van der Waals surface area contributed by atoms with Gasteiger partial charge in [0.2, 0.25) is 11.8 Å². The molecule has 234 valence electrons. The number of amides is 3. The molecule has 0 unspecified atom stereocenters. The molecule has 2 aliphatic heterocycles. The van der Waals surface area contributed by atoms with E-state index in [-0.39, 0.29) is 42.1 Å². The Morgan fingerprint density at radius 2 is 1.74 bits per heavy atom. The number of piperazine rings is 1. The number of aliphatic hydroxyl groups is 1. The zero-order valence-electron chi connectivity index (χ0n) is 25.2. The van der Waals surface area contributed by atoms with Crippen LogP contribution in [0.5, 0.6) is 5.75 Å². The lowest BCUT2D eigenvalue weighted by atomic mass is 9.77. The number of carbonyl (C=O) groups excluding carboxylic acids is 3. The Morgan fingerprint density at radius 1 is 1.07 bits per heavy atom. The second-order valence-corrected chi connectivity index (χ2v) is 12.6. The van der Waals surface area contributed by atoms with Crippen LogP contribution in [-0.2, 0) is 9.59 Å². The Labute approximate surface area is 256 Å². The highest BCUT2D eigenvalue weighted by Crippen LogP contribution is 2.40. The van der Waals surface area contributed by atoms with Crippen LogP contribution >= 0.6 is 12.4 Å². The molecule has 1 aromatic rings. The lowest BCUT2D eigenvalue weighted by Gasteiger charge is -2.53. The highest BCUT2D eigenvalue weighted by atomic mass is 35.5. The molecule has 5 rings (SSSR count). The largest absolute Gasteiger partial charge is 0.492 e. The van der Waals surface area contributed by atoms with E-state index in [2.05, 4.69) is 22.5 Å². The summed E-state index contributed by atoms with van der Waals surface area (Å²) in [5, 5.41) is 16.9. The lowest BCUT2D eigenvalue weighted by molar-refractivity contribution is -0.166. The van der Waals surface area contributed by atoms with Crippen molar-refractivity contribution < 1.29 is 24.2 Å². The SMILES string of the molecule is CCCCN1C(=O)[C@@H]([C@H](O)C2CCCCC2)NC(=O)C12CCN([C@@H](COc1ccc(C(=O)NC)cc1)C1CC1)CC2.Cl. The standard InChI is InChI=1S/C32H48N4O5.ClH/c1-3-4-18-36-30(39)27(28(37)23-8-6-5-7-9-23)34-31(40)32(36)16-19-35(20-17-32)26(22-10-11-22)21-41-25-14-12-24(13-15-25)29(38)33-2;/h12-15,22-23,26-28,37H,3-11,16-21H2,1-2H3,(H,33,38)(H,34,40);1H/t26-,27+,28+;/m0./s1. The maximum Gasteiger partial charge on any atom is 0.251 e. The normalized spacial score (nSPS) is 24.5. The summed E-state index contributed by atoms with van der Waals surface area (Å²) in [4.78, 5) is 43.9. The molecule has 1 spiro atoms. The van der Waals surface area contributed by atoms with Gasteiger partial charge < -0.3 is 25.4 Å². The number of rotatable bonds is 11. The van der Waals surface area contributed by atoms with Gasteiger partial charge in [-0.05, 0) is 81.0 Å². The first-order valence-corrected chi connectivity index (χ1v) is 15.9. The van der Waals surface area contributed by atoms with Gasteiger partial charge in [0, 0.05) is 38.3 Å². The summed E-state index contributed by atoms with van der Waals surface area (Å²) in [6.07, 6.45) is 9.63. The molecule has 2 saturated carbocycles. The van der Waals surface area contributed by atoms with E-state index in [0.717, 1.165) is 57.4 Å². The number of hydrogen-bond acceptors (Lipinski definition) is 6. The molecule has 3 atom stereocenters. The van der Waals surface area contributed by atoms with Crippen LogP contribution in [0.1, 0.15) is 87.9 Å². The number of aliphatic hydroxyl groups excluding tert-OH is 1. The van der Waals surface area contributed by atoms with Crippen molar-refractivity contribution in [1.82, 2.24) is 20.4 Å². The first-order chi connectivity index (χ1) is 19.9. The van der Waals surface area contributed by atoms with Crippen molar-refractivity contribution in [2.75, 3.05) is 33.3 Å². The number of halogens is 1. The fourth-order valence-corrected chi connectivity index (χ4v) is 7.23. The van der Waals surface area contributed by atoms with E-state index in [1.54, 1.807) is 19.2 Å². The zero-order chi connectivity index (χ0) is 29.0. The highest BCUT2D eigenvalue weighted by Gasteiger charge is 2.56. The van der Waals surface area contributed by atoms with Crippen LogP contribution in [0, 0.1) is 11.8 Å². The molecular formula is C32H49ClN4O5. The Kier molecular flexibility index (Phi) is 11.2. The van der Waals surface area contributed by atoms with Crippen LogP contribution in [0.3, 0.4) is 0 Å². The van der Waals surface area contributed by atoms with E-state index in [1.165, 1.54) is 19.3 Å². The number of hydrogen-bond donors (Lipinski definition) is 3. The van der Waals surface area contributed by atoms with Gasteiger partial charge in [0.25, 0.3) is 5.91 Å². The minimum atomic E-state index is -0.851. The predicted octanol–water partition coefficient (Wildman–Crippen LogP) is 3.53. The van der Waals surface area contributed by atoms with Gasteiger partial charge in [-0.2, -0.15) is 0 Å². The fraction of sp³-hybridized carbons (Fsp3) is 0.719. The molecular weight excluding hydrogens is 556 g/mol. The number of nitrogens with one attached hydrogen (secondary N) is 2. The molecule has 2 saturated heterocycles. The Balaban J connectivity index is 0.00000405. The maximum atomic E-state index is 13.9. The summed E-state index contributed by atoms with van der Waals surface area (Å²) >= 11 is 0. The van der Waals surface area contributed by atoms with Gasteiger partial charge in [-0.15, -0.1) is 12.4 Å². The van der Waals surface area contributed by atoms with Crippen molar-refractivity contribution >= 4 is 30.1 Å². The molecule has 0 aromatic heterocycles. The second-order valence-electron chi connectivity index (χ2n) is 12.6. The zero-order valence-corrected chi connectivity index (χ0v) is 26.0. The minimum Gasteiger partial charge on any atom is -0.492 e. The van der Waals surface area contributed by atoms with Crippen LogP contribution in [0.15, 0.2) is 24.3 Å². The summed E-state index contributed by atoms with van der Waals surface area (Å²) in [7, 11) is 1.62. The summed E-state index contributed by atoms with van der Waals surface area (Å²) < 4.78 is 6.19. The number of carbonyl (C=O) groups is 3. The Morgan fingerprint density at radius 3 is 2.33 bits per heavy atom. The third-order valence-electron chi connectivity index (χ3n) is 9.99. The quantitative estimate of drug-likeness (QED) is 0.356. The molecule has 9 nitrogen and oxygen atoms in total. The second kappa shape index (κ2) is 14.4. The number of benzene rings is 1.